The average molecular weight is 688 g/mol. The zero-order chi connectivity index (χ0) is 34.0. The highest BCUT2D eigenvalue weighted by Gasteiger charge is 2.68. The third-order valence-electron chi connectivity index (χ3n) is 12.9. The molecule has 0 aromatic heterocycles. The van der Waals surface area contributed by atoms with Crippen LogP contribution in [0.1, 0.15) is 90.9 Å². The van der Waals surface area contributed by atoms with Gasteiger partial charge in [-0.1, -0.05) is 20.1 Å². The predicted octanol–water partition coefficient (Wildman–Crippen LogP) is 3.67. The first kappa shape index (κ1) is 34.8. The molecule has 11 nitrogen and oxygen atoms in total. The molecule has 6 bridgehead atoms. The van der Waals surface area contributed by atoms with Gasteiger partial charge in [-0.3, -0.25) is 4.79 Å². The molecule has 0 radical (unpaired) electrons. The van der Waals surface area contributed by atoms with Crippen molar-refractivity contribution in [2.24, 2.45) is 17.6 Å². The number of Topliss-reactive ketones (excluding diaryl/α,β-unsaturated/α-hetero) is 1. The van der Waals surface area contributed by atoms with Gasteiger partial charge in [-0.05, 0) is 68.4 Å². The maximum atomic E-state index is 13.8. The number of ether oxygens (including phenoxy) is 8. The molecule has 0 aliphatic carbocycles. The number of aliphatic hydroxyl groups excluding tert-OH is 1. The fraction of sp³-hybridized carbons (Fsp3) is 0.868. The van der Waals surface area contributed by atoms with Gasteiger partial charge in [0.2, 0.25) is 0 Å². The van der Waals surface area contributed by atoms with Crippen LogP contribution in [0.2, 0.25) is 0 Å². The van der Waals surface area contributed by atoms with Crippen LogP contribution >= 0.6 is 0 Å². The second kappa shape index (κ2) is 14.0. The van der Waals surface area contributed by atoms with Crippen molar-refractivity contribution in [2.45, 2.75) is 182 Å². The van der Waals surface area contributed by atoms with Crippen LogP contribution in [0.25, 0.3) is 0 Å². The number of rotatable bonds is 12. The molecule has 9 saturated heterocycles. The van der Waals surface area contributed by atoms with E-state index in [1.165, 1.54) is 0 Å². The summed E-state index contributed by atoms with van der Waals surface area (Å²) >= 11 is 0. The fourth-order valence-electron chi connectivity index (χ4n) is 10.0. The summed E-state index contributed by atoms with van der Waals surface area (Å²) in [5.41, 5.74) is 7.96. The van der Waals surface area contributed by atoms with E-state index >= 15 is 0 Å². The van der Waals surface area contributed by atoms with Gasteiger partial charge in [-0.25, -0.2) is 0 Å². The van der Waals surface area contributed by atoms with Crippen molar-refractivity contribution in [1.82, 2.24) is 0 Å². The molecular formula is C38H57NO10. The number of nitrogens with two attached hydrogens (primary N) is 1. The highest BCUT2D eigenvalue weighted by atomic mass is 16.8. The Hall–Kier alpha value is -1.25. The maximum Gasteiger partial charge on any atom is 0.172 e. The third kappa shape index (κ3) is 6.87. The van der Waals surface area contributed by atoms with Crippen LogP contribution in [0.5, 0.6) is 0 Å². The molecule has 4 unspecified atom stereocenters. The minimum Gasteiger partial charge on any atom is -0.392 e. The number of carbonyl (C=O) groups excluding carboxylic acids is 1. The smallest absolute Gasteiger partial charge is 0.172 e. The number of fused-ring (bicyclic) bond motifs is 1. The highest BCUT2D eigenvalue weighted by molar-refractivity contribution is 5.79. The molecule has 0 aromatic rings. The Kier molecular flexibility index (Phi) is 9.91. The molecule has 9 rings (SSSR count). The van der Waals surface area contributed by atoms with Gasteiger partial charge in [0.15, 0.2) is 5.79 Å². The second-order valence-electron chi connectivity index (χ2n) is 16.4. The average Bonchev–Trinajstić information content (AvgIpc) is 3.75. The summed E-state index contributed by atoms with van der Waals surface area (Å²) in [6, 6.07) is 0. The lowest BCUT2D eigenvalue weighted by atomic mass is 9.83. The molecule has 3 N–H and O–H groups in total. The summed E-state index contributed by atoms with van der Waals surface area (Å²) in [7, 11) is 0. The number of carbonyl (C=O) groups is 1. The Morgan fingerprint density at radius 3 is 2.51 bits per heavy atom. The number of ketones is 1. The summed E-state index contributed by atoms with van der Waals surface area (Å²) < 4.78 is 52.3. The van der Waals surface area contributed by atoms with Gasteiger partial charge in [0.25, 0.3) is 0 Å². The van der Waals surface area contributed by atoms with E-state index in [1.54, 1.807) is 0 Å². The van der Waals surface area contributed by atoms with Crippen LogP contribution in [0, 0.1) is 11.8 Å². The van der Waals surface area contributed by atoms with E-state index in [0.29, 0.717) is 51.0 Å². The monoisotopic (exact) mass is 687 g/mol. The quantitative estimate of drug-likeness (QED) is 0.291. The summed E-state index contributed by atoms with van der Waals surface area (Å²) in [6.45, 7) is 13.6. The Bertz CT molecular complexity index is 1260. The number of hydrogen-bond acceptors (Lipinski definition) is 11. The molecule has 9 aliphatic heterocycles. The number of hydrogen-bond donors (Lipinski definition) is 2. The first-order valence-corrected chi connectivity index (χ1v) is 19.1. The van der Waals surface area contributed by atoms with Crippen LogP contribution < -0.4 is 5.73 Å². The summed E-state index contributed by atoms with van der Waals surface area (Å²) in [5, 5.41) is 10.3. The third-order valence-corrected chi connectivity index (χ3v) is 12.9. The van der Waals surface area contributed by atoms with Crippen LogP contribution in [0.3, 0.4) is 0 Å². The summed E-state index contributed by atoms with van der Waals surface area (Å²) in [5.74, 6) is -0.145. The Balaban J connectivity index is 0.902. The van der Waals surface area contributed by atoms with Crippen LogP contribution in [-0.4, -0.2) is 115 Å². The first-order chi connectivity index (χ1) is 23.6. The molecule has 9 fully saturated rings. The van der Waals surface area contributed by atoms with Crippen molar-refractivity contribution in [3.8, 4) is 0 Å². The van der Waals surface area contributed by atoms with E-state index in [0.717, 1.165) is 49.7 Å². The Morgan fingerprint density at radius 2 is 1.71 bits per heavy atom. The van der Waals surface area contributed by atoms with Gasteiger partial charge >= 0.3 is 0 Å². The summed E-state index contributed by atoms with van der Waals surface area (Å²) in [6.07, 6.45) is 5.88. The van der Waals surface area contributed by atoms with Crippen LogP contribution in [0.4, 0.5) is 0 Å². The van der Waals surface area contributed by atoms with Gasteiger partial charge in [0.05, 0.1) is 54.9 Å². The van der Waals surface area contributed by atoms with Crippen molar-refractivity contribution in [3.05, 3.63) is 24.3 Å². The molecule has 49 heavy (non-hydrogen) atoms. The van der Waals surface area contributed by atoms with Gasteiger partial charge in [0, 0.05) is 51.7 Å². The van der Waals surface area contributed by atoms with E-state index in [2.05, 4.69) is 27.0 Å². The SMILES string of the molecule is C=C1C(C[C@@H]2OC(C[C@H](O)CN)C[C@H]2CC(=O)CC2CC[C@@H]3O[C@@H]4[C@H]5O[C@@H]6C[C@](CCC7CC(=C)[C@H](C)O7)(O[C@H]5[C@H]3O2)O[C@H]46)OCC[C@H]1C. The van der Waals surface area contributed by atoms with Crippen molar-refractivity contribution in [2.75, 3.05) is 13.2 Å². The standard InChI is InChI=1S/C38H57NO10/c1-19-8-10-42-30(21(19)3)16-31-23(13-28(44-31)15-25(41)18-39)12-24(40)14-26-5-6-29-33(45-26)37-36-35(46-29)34-32(47-36)17-38(48-34,49-37)9-7-27-11-20(2)22(4)43-27/h19,22-23,25-37,41H,2-3,5-18,39H2,1,4H3/t19-,22+,23-,25+,26?,27?,28?,29+,30?,31+,32-,33+,34+,35+,36-,37+,38+/m1/s1. The molecule has 0 amide bonds. The van der Waals surface area contributed by atoms with Crippen molar-refractivity contribution in [3.63, 3.8) is 0 Å². The zero-order valence-electron chi connectivity index (χ0n) is 29.3. The fourth-order valence-corrected chi connectivity index (χ4v) is 10.0. The van der Waals surface area contributed by atoms with E-state index in [9.17, 15) is 9.90 Å². The molecule has 0 saturated carbocycles. The first-order valence-electron chi connectivity index (χ1n) is 19.1. The van der Waals surface area contributed by atoms with Gasteiger partial charge in [-0.2, -0.15) is 0 Å². The van der Waals surface area contributed by atoms with Crippen molar-refractivity contribution in [1.29, 1.82) is 0 Å². The summed E-state index contributed by atoms with van der Waals surface area (Å²) in [4.78, 5) is 13.8. The van der Waals surface area contributed by atoms with Gasteiger partial charge in [0.1, 0.15) is 36.3 Å². The second-order valence-corrected chi connectivity index (χ2v) is 16.4. The van der Waals surface area contributed by atoms with E-state index in [4.69, 9.17) is 43.6 Å². The lowest BCUT2D eigenvalue weighted by Gasteiger charge is -2.47. The highest BCUT2D eigenvalue weighted by Crippen LogP contribution is 2.54. The van der Waals surface area contributed by atoms with Crippen molar-refractivity contribution >= 4 is 5.78 Å². The minimum atomic E-state index is -0.749. The predicted molar refractivity (Wildman–Crippen MR) is 178 cm³/mol. The van der Waals surface area contributed by atoms with E-state index in [1.807, 2.05) is 0 Å². The zero-order valence-corrected chi connectivity index (χ0v) is 29.3. The van der Waals surface area contributed by atoms with E-state index in [-0.39, 0.29) is 97.6 Å². The minimum absolute atomic E-state index is 0.0352. The molecule has 11 heteroatoms. The molecule has 9 aliphatic rings. The topological polar surface area (TPSA) is 137 Å². The van der Waals surface area contributed by atoms with E-state index < -0.39 is 11.9 Å². The van der Waals surface area contributed by atoms with Gasteiger partial charge in [-0.15, -0.1) is 0 Å². The normalized spacial score (nSPS) is 49.3. The van der Waals surface area contributed by atoms with Crippen LogP contribution in [-0.2, 0) is 42.7 Å². The molecule has 0 spiro atoms. The lowest BCUT2D eigenvalue weighted by molar-refractivity contribution is -0.292. The van der Waals surface area contributed by atoms with Crippen LogP contribution in [0.15, 0.2) is 24.3 Å². The largest absolute Gasteiger partial charge is 0.392 e. The molecule has 9 heterocycles. The van der Waals surface area contributed by atoms with Gasteiger partial charge < -0.3 is 48.7 Å². The Labute approximate surface area is 290 Å². The number of aliphatic hydroxyl groups is 1. The van der Waals surface area contributed by atoms with Crippen molar-refractivity contribution < 1.29 is 47.8 Å². The molecule has 0 aromatic carbocycles. The maximum absolute atomic E-state index is 13.8. The lowest BCUT2D eigenvalue weighted by Crippen LogP contribution is -2.61. The Morgan fingerprint density at radius 1 is 0.918 bits per heavy atom. The molecule has 17 atom stereocenters. The molecular weight excluding hydrogens is 630 g/mol. The molecule has 274 valence electrons.